The summed E-state index contributed by atoms with van der Waals surface area (Å²) < 4.78 is 0. The minimum atomic E-state index is -0.463. The number of aliphatic imine (C=N–C) groups is 1. The molecule has 1 rings (SSSR count). The van der Waals surface area contributed by atoms with Gasteiger partial charge in [-0.25, -0.2) is 9.59 Å². The van der Waals surface area contributed by atoms with Gasteiger partial charge in [-0.1, -0.05) is 0 Å². The van der Waals surface area contributed by atoms with Crippen LogP contribution in [0.25, 0.3) is 0 Å². The summed E-state index contributed by atoms with van der Waals surface area (Å²) in [5.41, 5.74) is 0. The van der Waals surface area contributed by atoms with Crippen LogP contribution in [0.4, 0.5) is 4.79 Å². The van der Waals surface area contributed by atoms with Crippen LogP contribution in [0.2, 0.25) is 0 Å². The first-order valence-corrected chi connectivity index (χ1v) is 4.50. The van der Waals surface area contributed by atoms with Crippen molar-refractivity contribution in [2.75, 3.05) is 6.67 Å². The van der Waals surface area contributed by atoms with E-state index in [2.05, 4.69) is 15.6 Å². The molecule has 0 radical (unpaired) electrons. The smallest absolute Gasteiger partial charge is 0.316 e. The molecule has 1 saturated carbocycles. The van der Waals surface area contributed by atoms with Crippen molar-refractivity contribution in [2.45, 2.75) is 31.4 Å². The molecule has 0 aromatic rings. The largest absolute Gasteiger partial charge is 0.391 e. The van der Waals surface area contributed by atoms with Crippen LogP contribution >= 0.6 is 0 Å². The molecule has 1 fully saturated rings. The van der Waals surface area contributed by atoms with E-state index in [0.29, 0.717) is 0 Å². The molecule has 2 amide bonds. The summed E-state index contributed by atoms with van der Waals surface area (Å²) in [5, 5.41) is 14.3. The number of hydrogen-bond donors (Lipinski definition) is 3. The van der Waals surface area contributed by atoms with Crippen LogP contribution in [0.5, 0.6) is 0 Å². The summed E-state index contributed by atoms with van der Waals surface area (Å²) in [6.45, 7) is -0.0852. The van der Waals surface area contributed by atoms with E-state index in [-0.39, 0.29) is 12.7 Å². The summed E-state index contributed by atoms with van der Waals surface area (Å²) in [5.74, 6) is 0. The zero-order chi connectivity index (χ0) is 10.4. The zero-order valence-electron chi connectivity index (χ0n) is 7.69. The lowest BCUT2D eigenvalue weighted by Gasteiger charge is -2.15. The topological polar surface area (TPSA) is 90.8 Å². The zero-order valence-corrected chi connectivity index (χ0v) is 7.69. The van der Waals surface area contributed by atoms with Gasteiger partial charge in [0.15, 0.2) is 0 Å². The van der Waals surface area contributed by atoms with Crippen molar-refractivity contribution >= 4 is 12.1 Å². The standard InChI is InChI=1S/C8H13N3O3/c12-5-9-4-10-8(14)11-6-2-1-3-7(6)13/h6-7,13H,1-4H2,(H2,10,11,14). The first kappa shape index (κ1) is 10.7. The van der Waals surface area contributed by atoms with Gasteiger partial charge in [-0.15, -0.1) is 0 Å². The number of rotatable bonds is 3. The predicted molar refractivity (Wildman–Crippen MR) is 48.3 cm³/mol. The monoisotopic (exact) mass is 199 g/mol. The number of carbonyl (C=O) groups excluding carboxylic acids is 2. The Kier molecular flexibility index (Phi) is 4.10. The van der Waals surface area contributed by atoms with Crippen LogP contribution in [0.15, 0.2) is 4.99 Å². The number of nitrogens with one attached hydrogen (secondary N) is 2. The van der Waals surface area contributed by atoms with Crippen LogP contribution in [-0.2, 0) is 4.79 Å². The number of amides is 2. The summed E-state index contributed by atoms with van der Waals surface area (Å²) in [4.78, 5) is 23.9. The number of aliphatic hydroxyl groups excluding tert-OH is 1. The van der Waals surface area contributed by atoms with Crippen molar-refractivity contribution in [1.29, 1.82) is 0 Å². The van der Waals surface area contributed by atoms with E-state index in [0.717, 1.165) is 19.3 Å². The first-order chi connectivity index (χ1) is 6.74. The lowest BCUT2D eigenvalue weighted by molar-refractivity contribution is 0.149. The molecular formula is C8H13N3O3. The number of isocyanates is 1. The van der Waals surface area contributed by atoms with E-state index in [4.69, 9.17) is 0 Å². The third-order valence-electron chi connectivity index (χ3n) is 2.18. The van der Waals surface area contributed by atoms with Crippen LogP contribution in [0.3, 0.4) is 0 Å². The highest BCUT2D eigenvalue weighted by molar-refractivity contribution is 5.74. The first-order valence-electron chi connectivity index (χ1n) is 4.50. The summed E-state index contributed by atoms with van der Waals surface area (Å²) >= 11 is 0. The van der Waals surface area contributed by atoms with Crippen molar-refractivity contribution in [3.63, 3.8) is 0 Å². The molecule has 2 unspecified atom stereocenters. The summed E-state index contributed by atoms with van der Waals surface area (Å²) in [7, 11) is 0. The van der Waals surface area contributed by atoms with Gasteiger partial charge in [0.1, 0.15) is 6.67 Å². The molecule has 0 bridgehead atoms. The van der Waals surface area contributed by atoms with Crippen LogP contribution in [0.1, 0.15) is 19.3 Å². The number of hydrogen-bond acceptors (Lipinski definition) is 4. The highest BCUT2D eigenvalue weighted by atomic mass is 16.3. The Balaban J connectivity index is 2.22. The Hall–Kier alpha value is -1.39. The number of nitrogens with zero attached hydrogens (tertiary/aromatic N) is 1. The molecule has 0 aromatic heterocycles. The molecule has 3 N–H and O–H groups in total. The molecular weight excluding hydrogens is 186 g/mol. The van der Waals surface area contributed by atoms with Crippen molar-refractivity contribution in [1.82, 2.24) is 10.6 Å². The molecule has 6 nitrogen and oxygen atoms in total. The lowest BCUT2D eigenvalue weighted by atomic mass is 10.2. The fraction of sp³-hybridized carbons (Fsp3) is 0.750. The Morgan fingerprint density at radius 3 is 2.93 bits per heavy atom. The Labute approximate surface area is 81.4 Å². The molecule has 0 spiro atoms. The third kappa shape index (κ3) is 3.16. The van der Waals surface area contributed by atoms with Crippen LogP contribution in [0, 0.1) is 0 Å². The minimum absolute atomic E-state index is 0.0852. The minimum Gasteiger partial charge on any atom is -0.391 e. The van der Waals surface area contributed by atoms with Gasteiger partial charge in [-0.05, 0) is 19.3 Å². The van der Waals surface area contributed by atoms with Crippen molar-refractivity contribution in [3.05, 3.63) is 0 Å². The van der Waals surface area contributed by atoms with Crippen molar-refractivity contribution < 1.29 is 14.7 Å². The third-order valence-corrected chi connectivity index (χ3v) is 2.18. The maximum atomic E-state index is 11.1. The lowest BCUT2D eigenvalue weighted by Crippen LogP contribution is -2.45. The van der Waals surface area contributed by atoms with Gasteiger partial charge in [0.05, 0.1) is 12.1 Å². The molecule has 0 aliphatic heterocycles. The Morgan fingerprint density at radius 2 is 2.36 bits per heavy atom. The van der Waals surface area contributed by atoms with E-state index in [1.165, 1.54) is 6.08 Å². The second-order valence-corrected chi connectivity index (χ2v) is 3.16. The molecule has 0 heterocycles. The molecule has 14 heavy (non-hydrogen) atoms. The summed E-state index contributed by atoms with van der Waals surface area (Å²) in [6.07, 6.45) is 3.26. The highest BCUT2D eigenvalue weighted by Gasteiger charge is 2.26. The molecule has 1 aliphatic rings. The van der Waals surface area contributed by atoms with E-state index >= 15 is 0 Å². The van der Waals surface area contributed by atoms with Gasteiger partial charge in [0.2, 0.25) is 6.08 Å². The van der Waals surface area contributed by atoms with Gasteiger partial charge in [0, 0.05) is 0 Å². The second-order valence-electron chi connectivity index (χ2n) is 3.16. The molecule has 0 aromatic carbocycles. The maximum Gasteiger partial charge on any atom is 0.316 e. The maximum absolute atomic E-state index is 11.1. The normalized spacial score (nSPS) is 25.2. The second kappa shape index (κ2) is 5.36. The Bertz CT molecular complexity index is 250. The molecule has 1 aliphatic carbocycles. The predicted octanol–water partition coefficient (Wildman–Crippen LogP) is -0.508. The number of carbonyl (C=O) groups is 1. The fourth-order valence-corrected chi connectivity index (χ4v) is 1.47. The van der Waals surface area contributed by atoms with E-state index in [1.807, 2.05) is 0 Å². The number of urea groups is 1. The Morgan fingerprint density at radius 1 is 1.57 bits per heavy atom. The van der Waals surface area contributed by atoms with E-state index in [1.54, 1.807) is 0 Å². The quantitative estimate of drug-likeness (QED) is 0.422. The molecule has 6 heteroatoms. The highest BCUT2D eigenvalue weighted by Crippen LogP contribution is 2.18. The molecule has 0 saturated heterocycles. The van der Waals surface area contributed by atoms with Gasteiger partial charge in [-0.2, -0.15) is 4.99 Å². The van der Waals surface area contributed by atoms with Gasteiger partial charge >= 0.3 is 6.03 Å². The fourth-order valence-electron chi connectivity index (χ4n) is 1.47. The van der Waals surface area contributed by atoms with Crippen molar-refractivity contribution in [3.8, 4) is 0 Å². The van der Waals surface area contributed by atoms with Gasteiger partial charge in [0.25, 0.3) is 0 Å². The van der Waals surface area contributed by atoms with Gasteiger partial charge < -0.3 is 15.7 Å². The van der Waals surface area contributed by atoms with Crippen LogP contribution in [-0.4, -0.2) is 36.0 Å². The average molecular weight is 199 g/mol. The van der Waals surface area contributed by atoms with E-state index in [9.17, 15) is 14.7 Å². The SMILES string of the molecule is O=C=NCNC(=O)NC1CCCC1O. The number of aliphatic hydroxyl groups is 1. The van der Waals surface area contributed by atoms with Crippen LogP contribution < -0.4 is 10.6 Å². The average Bonchev–Trinajstić information content (AvgIpc) is 2.52. The van der Waals surface area contributed by atoms with Crippen molar-refractivity contribution in [2.24, 2.45) is 4.99 Å². The summed E-state index contributed by atoms with van der Waals surface area (Å²) in [6, 6.07) is -0.606. The molecule has 78 valence electrons. The van der Waals surface area contributed by atoms with Gasteiger partial charge in [-0.3, -0.25) is 0 Å². The van der Waals surface area contributed by atoms with E-state index < -0.39 is 12.1 Å². The molecule has 2 atom stereocenters.